The summed E-state index contributed by atoms with van der Waals surface area (Å²) in [6.45, 7) is 5.06. The molecule has 1 N–H and O–H groups in total. The lowest BCUT2D eigenvalue weighted by molar-refractivity contribution is -0.119. The molecule has 139 valence electrons. The van der Waals surface area contributed by atoms with Crippen LogP contribution >= 0.6 is 0 Å². The predicted molar refractivity (Wildman–Crippen MR) is 101 cm³/mol. The quantitative estimate of drug-likeness (QED) is 0.788. The molecule has 1 aliphatic heterocycles. The number of hydrogen-bond acceptors (Lipinski definition) is 5. The number of Topliss-reactive ketones (excluding diaryl/α,β-unsaturated/α-hetero) is 1. The van der Waals surface area contributed by atoms with Crippen LogP contribution in [-0.4, -0.2) is 46.8 Å². The van der Waals surface area contributed by atoms with Crippen molar-refractivity contribution in [1.82, 2.24) is 20.2 Å². The number of hydrazine groups is 1. The average Bonchev–Trinajstić information content (AvgIpc) is 3.08. The van der Waals surface area contributed by atoms with Crippen LogP contribution in [0.4, 0.5) is 0 Å². The zero-order valence-corrected chi connectivity index (χ0v) is 15.6. The van der Waals surface area contributed by atoms with Gasteiger partial charge in [-0.25, -0.2) is 10.4 Å². The number of aryl methyl sites for hydroxylation is 1. The summed E-state index contributed by atoms with van der Waals surface area (Å²) in [5.41, 5.74) is 5.26. The average molecular weight is 355 g/mol. The predicted octanol–water partition coefficient (Wildman–Crippen LogP) is 2.46. The van der Waals surface area contributed by atoms with Crippen molar-refractivity contribution in [3.05, 3.63) is 36.7 Å². The largest absolute Gasteiger partial charge is 0.493 e. The molecule has 2 heterocycles. The van der Waals surface area contributed by atoms with Crippen LogP contribution in [0.2, 0.25) is 0 Å². The molecule has 3 rings (SSSR count). The Balaban J connectivity index is 1.40. The molecule has 0 unspecified atom stereocenters. The fraction of sp³-hybridized carbons (Fsp3) is 0.500. The fourth-order valence-electron chi connectivity index (χ4n) is 3.01. The van der Waals surface area contributed by atoms with Crippen LogP contribution in [0, 0.1) is 12.0 Å². The number of rotatable bonds is 8. The van der Waals surface area contributed by atoms with Crippen LogP contribution in [0.25, 0.3) is 11.1 Å². The van der Waals surface area contributed by atoms with E-state index in [-0.39, 0.29) is 5.78 Å². The third-order valence-corrected chi connectivity index (χ3v) is 4.73. The first-order valence-corrected chi connectivity index (χ1v) is 9.23. The van der Waals surface area contributed by atoms with Crippen molar-refractivity contribution in [3.8, 4) is 16.9 Å². The van der Waals surface area contributed by atoms with Crippen molar-refractivity contribution in [3.63, 3.8) is 0 Å². The van der Waals surface area contributed by atoms with E-state index in [1.54, 1.807) is 10.7 Å². The van der Waals surface area contributed by atoms with Gasteiger partial charge < -0.3 is 4.74 Å². The Kier molecular flexibility index (Phi) is 6.41. The van der Waals surface area contributed by atoms with E-state index in [4.69, 9.17) is 4.74 Å². The van der Waals surface area contributed by atoms with Gasteiger partial charge in [-0.05, 0) is 48.6 Å². The highest BCUT2D eigenvalue weighted by Gasteiger charge is 2.15. The summed E-state index contributed by atoms with van der Waals surface area (Å²) in [5.74, 6) is 1.67. The minimum Gasteiger partial charge on any atom is -0.493 e. The van der Waals surface area contributed by atoms with Gasteiger partial charge in [0, 0.05) is 38.3 Å². The summed E-state index contributed by atoms with van der Waals surface area (Å²) < 4.78 is 7.49. The Labute approximate surface area is 155 Å². The van der Waals surface area contributed by atoms with E-state index in [9.17, 15) is 4.79 Å². The highest BCUT2D eigenvalue weighted by molar-refractivity contribution is 5.80. The van der Waals surface area contributed by atoms with Crippen LogP contribution in [-0.2, 0) is 11.8 Å². The number of piperidine rings is 1. The Bertz CT molecular complexity index is 720. The van der Waals surface area contributed by atoms with Gasteiger partial charge >= 0.3 is 0 Å². The normalized spacial score (nSPS) is 15.9. The van der Waals surface area contributed by atoms with E-state index in [0.717, 1.165) is 35.9 Å². The third kappa shape index (κ3) is 5.41. The van der Waals surface area contributed by atoms with Crippen LogP contribution in [0.15, 0.2) is 30.6 Å². The summed E-state index contributed by atoms with van der Waals surface area (Å²) in [6.07, 6.45) is 6.53. The lowest BCUT2D eigenvalue weighted by atomic mass is 10.0. The Morgan fingerprint density at radius 1 is 1.35 bits per heavy atom. The molecule has 0 spiro atoms. The second kappa shape index (κ2) is 8.96. The van der Waals surface area contributed by atoms with Gasteiger partial charge in [0.2, 0.25) is 0 Å². The van der Waals surface area contributed by atoms with Gasteiger partial charge in [-0.3, -0.25) is 9.48 Å². The van der Waals surface area contributed by atoms with Gasteiger partial charge in [0.15, 0.2) is 5.78 Å². The first kappa shape index (κ1) is 18.6. The second-order valence-electron chi connectivity index (χ2n) is 7.00. The fourth-order valence-corrected chi connectivity index (χ4v) is 3.01. The van der Waals surface area contributed by atoms with Crippen molar-refractivity contribution in [2.75, 3.05) is 26.2 Å². The molecule has 0 atom stereocenters. The monoisotopic (exact) mass is 355 g/mol. The number of carbonyl (C=O) groups is 1. The number of carbonyl (C=O) groups excluding carboxylic acids is 1. The molecule has 0 amide bonds. The number of nitrogens with zero attached hydrogens (tertiary/aromatic N) is 3. The Morgan fingerprint density at radius 3 is 2.88 bits per heavy atom. The van der Waals surface area contributed by atoms with Crippen molar-refractivity contribution in [1.29, 1.82) is 0 Å². The Hall–Kier alpha value is -2.18. The van der Waals surface area contributed by atoms with Crippen molar-refractivity contribution in [2.24, 2.45) is 13.0 Å². The smallest absolute Gasteiger partial charge is 0.151 e. The number of aromatic nitrogens is 2. The number of ketones is 1. The molecule has 1 aromatic heterocycles. The summed E-state index contributed by atoms with van der Waals surface area (Å²) in [6, 6.07) is 8.72. The van der Waals surface area contributed by atoms with Crippen LogP contribution in [0.3, 0.4) is 0 Å². The van der Waals surface area contributed by atoms with E-state index in [1.807, 2.05) is 31.6 Å². The van der Waals surface area contributed by atoms with E-state index in [0.29, 0.717) is 19.6 Å². The molecule has 0 saturated carbocycles. The highest BCUT2D eigenvalue weighted by Crippen LogP contribution is 2.23. The van der Waals surface area contributed by atoms with Crippen LogP contribution in [0.5, 0.6) is 5.75 Å². The second-order valence-corrected chi connectivity index (χ2v) is 7.00. The first-order chi connectivity index (χ1) is 12.6. The van der Waals surface area contributed by atoms with Gasteiger partial charge in [0.1, 0.15) is 5.75 Å². The molecule has 0 aliphatic carbocycles. The number of benzene rings is 1. The molecule has 1 aromatic carbocycles. The number of ether oxygens (including phenoxy) is 1. The standard InChI is InChI=1S/C20H27N4O2/c1-16-6-9-24(10-7-16)22-14-19(25)8-11-26-20-5-3-4-17(12-20)18-13-21-23(2)15-18/h4-5,12-13,15-16,22H,6-11,14H2,1-2H3. The molecular formula is C20H27N4O2. The zero-order chi connectivity index (χ0) is 18.4. The minimum atomic E-state index is 0.163. The zero-order valence-electron chi connectivity index (χ0n) is 15.6. The van der Waals surface area contributed by atoms with Crippen molar-refractivity contribution >= 4 is 5.78 Å². The molecule has 0 bridgehead atoms. The maximum Gasteiger partial charge on any atom is 0.151 e. The van der Waals surface area contributed by atoms with Gasteiger partial charge in [-0.1, -0.05) is 6.92 Å². The van der Waals surface area contributed by atoms with Crippen LogP contribution in [0.1, 0.15) is 26.2 Å². The van der Waals surface area contributed by atoms with E-state index in [2.05, 4.69) is 28.5 Å². The van der Waals surface area contributed by atoms with Crippen molar-refractivity contribution in [2.45, 2.75) is 26.2 Å². The number of nitrogens with one attached hydrogen (secondary N) is 1. The maximum absolute atomic E-state index is 12.0. The molecule has 1 saturated heterocycles. The minimum absolute atomic E-state index is 0.163. The summed E-state index contributed by atoms with van der Waals surface area (Å²) >= 11 is 0. The lowest BCUT2D eigenvalue weighted by Gasteiger charge is -2.30. The van der Waals surface area contributed by atoms with E-state index >= 15 is 0 Å². The SMILES string of the molecule is CC1CCN(NCC(=O)CCOc2c[c]cc(-c3cnn(C)c3)c2)CC1. The molecule has 1 aliphatic rings. The molecule has 26 heavy (non-hydrogen) atoms. The summed E-state index contributed by atoms with van der Waals surface area (Å²) in [5, 5.41) is 6.34. The van der Waals surface area contributed by atoms with Gasteiger partial charge in [0.05, 0.1) is 19.3 Å². The van der Waals surface area contributed by atoms with Crippen LogP contribution < -0.4 is 10.2 Å². The maximum atomic E-state index is 12.0. The van der Waals surface area contributed by atoms with E-state index in [1.165, 1.54) is 12.8 Å². The Morgan fingerprint density at radius 2 is 2.15 bits per heavy atom. The first-order valence-electron chi connectivity index (χ1n) is 9.23. The molecule has 2 aromatic rings. The molecule has 6 nitrogen and oxygen atoms in total. The molecule has 6 heteroatoms. The topological polar surface area (TPSA) is 59.4 Å². The van der Waals surface area contributed by atoms with Gasteiger partial charge in [-0.2, -0.15) is 5.10 Å². The third-order valence-electron chi connectivity index (χ3n) is 4.73. The van der Waals surface area contributed by atoms with Crippen molar-refractivity contribution < 1.29 is 9.53 Å². The van der Waals surface area contributed by atoms with E-state index < -0.39 is 0 Å². The molecule has 1 radical (unpaired) electrons. The summed E-state index contributed by atoms with van der Waals surface area (Å²) in [7, 11) is 1.89. The summed E-state index contributed by atoms with van der Waals surface area (Å²) in [4.78, 5) is 12.0. The van der Waals surface area contributed by atoms with Gasteiger partial charge in [0.25, 0.3) is 0 Å². The lowest BCUT2D eigenvalue weighted by Crippen LogP contribution is -2.45. The van der Waals surface area contributed by atoms with Gasteiger partial charge in [-0.15, -0.1) is 0 Å². The molecule has 1 fully saturated rings. The number of hydrogen-bond donors (Lipinski definition) is 1. The molecular weight excluding hydrogens is 328 g/mol. The highest BCUT2D eigenvalue weighted by atomic mass is 16.5.